The minimum atomic E-state index is -0.847. The fourth-order valence-electron chi connectivity index (χ4n) is 4.31. The molecular formula is C25H26N2O3. The highest BCUT2D eigenvalue weighted by atomic mass is 16.3. The second-order valence-corrected chi connectivity index (χ2v) is 8.07. The molecule has 2 aromatic carbocycles. The number of para-hydroxylation sites is 1. The molecular weight excluding hydrogens is 376 g/mol. The molecule has 2 amide bonds. The van der Waals surface area contributed by atoms with Crippen molar-refractivity contribution in [3.8, 4) is 0 Å². The van der Waals surface area contributed by atoms with E-state index in [-0.39, 0.29) is 18.4 Å². The fourth-order valence-corrected chi connectivity index (χ4v) is 4.31. The molecule has 0 N–H and O–H groups in total. The number of anilines is 2. The second kappa shape index (κ2) is 7.48. The van der Waals surface area contributed by atoms with E-state index in [1.807, 2.05) is 77.1 Å². The first-order chi connectivity index (χ1) is 14.3. The smallest absolute Gasteiger partial charge is 0.258 e. The van der Waals surface area contributed by atoms with Crippen molar-refractivity contribution in [2.75, 3.05) is 16.3 Å². The van der Waals surface area contributed by atoms with Crippen molar-refractivity contribution in [2.24, 2.45) is 0 Å². The number of carbonyl (C=O) groups is 2. The lowest BCUT2D eigenvalue weighted by molar-refractivity contribution is -0.129. The van der Waals surface area contributed by atoms with Crippen LogP contribution in [0, 0.1) is 34.6 Å². The summed E-state index contributed by atoms with van der Waals surface area (Å²) >= 11 is 0. The molecule has 1 aliphatic rings. The summed E-state index contributed by atoms with van der Waals surface area (Å²) in [6.45, 7) is 9.72. The highest BCUT2D eigenvalue weighted by Gasteiger charge is 2.44. The van der Waals surface area contributed by atoms with Crippen LogP contribution in [0.4, 0.5) is 11.4 Å². The molecule has 0 saturated carbocycles. The predicted octanol–water partition coefficient (Wildman–Crippen LogP) is 4.94. The number of hydrogen-bond donors (Lipinski definition) is 0. The normalized spacial score (nSPS) is 17.0. The zero-order valence-electron chi connectivity index (χ0n) is 18.0. The Bertz CT molecular complexity index is 1120. The summed E-state index contributed by atoms with van der Waals surface area (Å²) in [7, 11) is 0. The van der Waals surface area contributed by atoms with E-state index < -0.39 is 6.04 Å². The molecule has 1 atom stereocenters. The first-order valence-corrected chi connectivity index (χ1v) is 10.1. The molecule has 0 bridgehead atoms. The zero-order chi connectivity index (χ0) is 21.6. The largest absolute Gasteiger partial charge is 0.464 e. The summed E-state index contributed by atoms with van der Waals surface area (Å²) in [5, 5.41) is 0. The first-order valence-electron chi connectivity index (χ1n) is 10.1. The van der Waals surface area contributed by atoms with Gasteiger partial charge in [-0.3, -0.25) is 14.5 Å². The summed E-state index contributed by atoms with van der Waals surface area (Å²) in [6, 6.07) is 14.5. The first kappa shape index (κ1) is 20.0. The van der Waals surface area contributed by atoms with Crippen LogP contribution in [0.1, 0.15) is 39.8 Å². The number of amides is 2. The average Bonchev–Trinajstić information content (AvgIpc) is 3.10. The van der Waals surface area contributed by atoms with Crippen molar-refractivity contribution in [2.45, 2.75) is 40.7 Å². The molecule has 5 nitrogen and oxygen atoms in total. The Kier molecular flexibility index (Phi) is 4.98. The van der Waals surface area contributed by atoms with Crippen LogP contribution in [0.5, 0.6) is 0 Å². The van der Waals surface area contributed by atoms with Crippen LogP contribution in [-0.2, 0) is 9.59 Å². The molecule has 30 heavy (non-hydrogen) atoms. The van der Waals surface area contributed by atoms with Crippen LogP contribution in [0.3, 0.4) is 0 Å². The Balaban J connectivity index is 1.87. The van der Waals surface area contributed by atoms with Gasteiger partial charge in [0.05, 0.1) is 5.69 Å². The van der Waals surface area contributed by atoms with E-state index in [0.29, 0.717) is 11.5 Å². The van der Waals surface area contributed by atoms with Gasteiger partial charge in [0.1, 0.15) is 18.1 Å². The lowest BCUT2D eigenvalue weighted by atomic mass is 10.0. The zero-order valence-corrected chi connectivity index (χ0v) is 18.0. The van der Waals surface area contributed by atoms with Crippen LogP contribution in [0.15, 0.2) is 52.9 Å². The van der Waals surface area contributed by atoms with Gasteiger partial charge in [-0.1, -0.05) is 35.9 Å². The van der Waals surface area contributed by atoms with Gasteiger partial charge >= 0.3 is 0 Å². The highest BCUT2D eigenvalue weighted by Crippen LogP contribution is 2.38. The van der Waals surface area contributed by atoms with Crippen LogP contribution in [0.2, 0.25) is 0 Å². The third-order valence-corrected chi connectivity index (χ3v) is 5.67. The Labute approximate surface area is 176 Å². The minimum Gasteiger partial charge on any atom is -0.464 e. The Hall–Kier alpha value is -3.34. The molecule has 154 valence electrons. The maximum Gasteiger partial charge on any atom is 0.258 e. The van der Waals surface area contributed by atoms with E-state index in [9.17, 15) is 9.59 Å². The van der Waals surface area contributed by atoms with Gasteiger partial charge in [0, 0.05) is 5.69 Å². The monoisotopic (exact) mass is 402 g/mol. The molecule has 1 aliphatic heterocycles. The van der Waals surface area contributed by atoms with Crippen LogP contribution in [0.25, 0.3) is 0 Å². The molecule has 0 aliphatic carbocycles. The van der Waals surface area contributed by atoms with Crippen molar-refractivity contribution in [3.63, 3.8) is 0 Å². The average molecular weight is 402 g/mol. The Morgan fingerprint density at radius 2 is 1.57 bits per heavy atom. The number of carbonyl (C=O) groups excluding carboxylic acids is 2. The van der Waals surface area contributed by atoms with Crippen molar-refractivity contribution < 1.29 is 14.0 Å². The van der Waals surface area contributed by atoms with Crippen molar-refractivity contribution in [1.82, 2.24) is 0 Å². The highest BCUT2D eigenvalue weighted by molar-refractivity contribution is 6.15. The molecule has 3 aromatic rings. The Morgan fingerprint density at radius 1 is 0.867 bits per heavy atom. The summed E-state index contributed by atoms with van der Waals surface area (Å²) in [4.78, 5) is 30.5. The SMILES string of the molecule is Cc1ccc(N2C(=O)CN(c3c(C)cccc3C)C(=O)[C@H]2c2ccc(C)o2)c(C)c1. The molecule has 1 fully saturated rings. The van der Waals surface area contributed by atoms with Gasteiger partial charge in [0.25, 0.3) is 5.91 Å². The van der Waals surface area contributed by atoms with Crippen molar-refractivity contribution >= 4 is 23.2 Å². The summed E-state index contributed by atoms with van der Waals surface area (Å²) < 4.78 is 5.86. The number of rotatable bonds is 3. The molecule has 1 aromatic heterocycles. The number of nitrogens with zero attached hydrogens (tertiary/aromatic N) is 2. The maximum absolute atomic E-state index is 13.8. The van der Waals surface area contributed by atoms with E-state index in [2.05, 4.69) is 0 Å². The topological polar surface area (TPSA) is 53.8 Å². The summed E-state index contributed by atoms with van der Waals surface area (Å²) in [6.07, 6.45) is 0. The second-order valence-electron chi connectivity index (χ2n) is 8.07. The maximum atomic E-state index is 13.8. The lowest BCUT2D eigenvalue weighted by Crippen LogP contribution is -2.56. The number of benzene rings is 2. The summed E-state index contributed by atoms with van der Waals surface area (Å²) in [5.74, 6) is 0.876. The van der Waals surface area contributed by atoms with E-state index in [1.165, 1.54) is 0 Å². The van der Waals surface area contributed by atoms with Gasteiger partial charge < -0.3 is 9.32 Å². The third kappa shape index (κ3) is 3.30. The van der Waals surface area contributed by atoms with Gasteiger partial charge in [-0.05, 0) is 69.5 Å². The van der Waals surface area contributed by atoms with Gasteiger partial charge in [-0.15, -0.1) is 0 Å². The van der Waals surface area contributed by atoms with Crippen LogP contribution in [-0.4, -0.2) is 18.4 Å². The quantitative estimate of drug-likeness (QED) is 0.623. The Morgan fingerprint density at radius 3 is 2.17 bits per heavy atom. The van der Waals surface area contributed by atoms with E-state index >= 15 is 0 Å². The van der Waals surface area contributed by atoms with E-state index in [1.54, 1.807) is 15.9 Å². The molecule has 0 spiro atoms. The van der Waals surface area contributed by atoms with Gasteiger partial charge in [0.15, 0.2) is 6.04 Å². The van der Waals surface area contributed by atoms with Gasteiger partial charge in [-0.2, -0.15) is 0 Å². The lowest BCUT2D eigenvalue weighted by Gasteiger charge is -2.40. The van der Waals surface area contributed by atoms with Gasteiger partial charge in [-0.25, -0.2) is 0 Å². The van der Waals surface area contributed by atoms with Crippen LogP contribution >= 0.6 is 0 Å². The molecule has 0 unspecified atom stereocenters. The van der Waals surface area contributed by atoms with Crippen molar-refractivity contribution in [3.05, 3.63) is 82.3 Å². The predicted molar refractivity (Wildman–Crippen MR) is 118 cm³/mol. The number of aryl methyl sites for hydroxylation is 5. The molecule has 5 heteroatoms. The number of furan rings is 1. The molecule has 2 heterocycles. The molecule has 0 radical (unpaired) electrons. The van der Waals surface area contributed by atoms with E-state index in [0.717, 1.165) is 33.6 Å². The molecule has 1 saturated heterocycles. The molecule has 4 rings (SSSR count). The fraction of sp³-hybridized carbons (Fsp3) is 0.280. The van der Waals surface area contributed by atoms with Crippen molar-refractivity contribution in [1.29, 1.82) is 0 Å². The summed E-state index contributed by atoms with van der Waals surface area (Å²) in [5.41, 5.74) is 5.51. The third-order valence-electron chi connectivity index (χ3n) is 5.67. The number of hydrogen-bond acceptors (Lipinski definition) is 3. The number of piperazine rings is 1. The van der Waals surface area contributed by atoms with Gasteiger partial charge in [0.2, 0.25) is 5.91 Å². The van der Waals surface area contributed by atoms with E-state index in [4.69, 9.17) is 4.42 Å². The van der Waals surface area contributed by atoms with Crippen LogP contribution < -0.4 is 9.80 Å². The standard InChI is InChI=1S/C25H26N2O3/c1-15-9-11-20(18(4)13-15)27-22(28)14-26(23-16(2)7-6-8-17(23)3)25(29)24(27)21-12-10-19(5)30-21/h6-13,24H,14H2,1-5H3/t24-/m1/s1. The minimum absolute atomic E-state index is 0.00592.